The topological polar surface area (TPSA) is 37.3 Å². The first kappa shape index (κ1) is 15.7. The maximum absolute atomic E-state index is 11.7. The van der Waals surface area contributed by atoms with Crippen molar-refractivity contribution in [3.63, 3.8) is 0 Å². The molecule has 1 aromatic rings. The van der Waals surface area contributed by atoms with Crippen molar-refractivity contribution in [1.82, 2.24) is 0 Å². The quantitative estimate of drug-likeness (QED) is 0.665. The van der Waals surface area contributed by atoms with Gasteiger partial charge < -0.3 is 5.11 Å². The zero-order valence-corrected chi connectivity index (χ0v) is 12.2. The van der Waals surface area contributed by atoms with Crippen LogP contribution in [0.5, 0.6) is 5.75 Å². The molecule has 0 aliphatic heterocycles. The number of phenolic OH excluding ortho intramolecular Hbond substituents is 1. The Morgan fingerprint density at radius 3 is 2.32 bits per heavy atom. The van der Waals surface area contributed by atoms with Crippen LogP contribution in [0, 0.1) is 5.92 Å². The highest BCUT2D eigenvalue weighted by Crippen LogP contribution is 2.19. The van der Waals surface area contributed by atoms with Gasteiger partial charge >= 0.3 is 0 Å². The van der Waals surface area contributed by atoms with Crippen LogP contribution in [-0.2, 0) is 11.2 Å². The van der Waals surface area contributed by atoms with Gasteiger partial charge in [-0.1, -0.05) is 51.2 Å². The van der Waals surface area contributed by atoms with Gasteiger partial charge in [-0.3, -0.25) is 4.79 Å². The molecule has 0 saturated carbocycles. The van der Waals surface area contributed by atoms with E-state index in [0.29, 0.717) is 0 Å². The molecule has 0 heterocycles. The molecule has 0 aliphatic carbocycles. The lowest BCUT2D eigenvalue weighted by atomic mass is 9.90. The summed E-state index contributed by atoms with van der Waals surface area (Å²) in [4.78, 5) is 11.7. The van der Waals surface area contributed by atoms with E-state index < -0.39 is 0 Å². The molecule has 0 bridgehead atoms. The second-order valence-corrected chi connectivity index (χ2v) is 5.38. The third kappa shape index (κ3) is 6.42. The molecule has 0 spiro atoms. The van der Waals surface area contributed by atoms with Crippen molar-refractivity contribution in [2.24, 2.45) is 5.92 Å². The number of hydrogen-bond donors (Lipinski definition) is 1. The van der Waals surface area contributed by atoms with E-state index in [1.54, 1.807) is 19.1 Å². The molecule has 0 saturated heterocycles. The Labute approximate surface area is 116 Å². The fraction of sp³-hybridized carbons (Fsp3) is 0.588. The van der Waals surface area contributed by atoms with Gasteiger partial charge in [0, 0.05) is 5.92 Å². The standard InChI is InChI=1S/C17H26O2/c1-3-4-5-6-7-8-16(14(2)18)13-15-9-11-17(19)12-10-15/h9-12,16,19H,3-8,13H2,1-2H3. The second-order valence-electron chi connectivity index (χ2n) is 5.38. The van der Waals surface area contributed by atoms with Crippen molar-refractivity contribution in [3.05, 3.63) is 29.8 Å². The minimum Gasteiger partial charge on any atom is -0.508 e. The van der Waals surface area contributed by atoms with Crippen LogP contribution in [0.25, 0.3) is 0 Å². The summed E-state index contributed by atoms with van der Waals surface area (Å²) in [5.41, 5.74) is 1.13. The second kappa shape index (κ2) is 8.73. The van der Waals surface area contributed by atoms with Gasteiger partial charge in [0.05, 0.1) is 0 Å². The van der Waals surface area contributed by atoms with Crippen molar-refractivity contribution in [1.29, 1.82) is 0 Å². The summed E-state index contributed by atoms with van der Waals surface area (Å²) in [6, 6.07) is 7.19. The van der Waals surface area contributed by atoms with Gasteiger partial charge in [-0.05, 0) is 37.5 Å². The van der Waals surface area contributed by atoms with Crippen LogP contribution < -0.4 is 0 Å². The maximum Gasteiger partial charge on any atom is 0.133 e. The number of carbonyl (C=O) groups is 1. The summed E-state index contributed by atoms with van der Waals surface area (Å²) >= 11 is 0. The number of rotatable bonds is 9. The van der Waals surface area contributed by atoms with Crippen molar-refractivity contribution in [3.8, 4) is 5.75 Å². The lowest BCUT2D eigenvalue weighted by molar-refractivity contribution is -0.120. The van der Waals surface area contributed by atoms with Gasteiger partial charge in [-0.2, -0.15) is 0 Å². The highest BCUT2D eigenvalue weighted by molar-refractivity contribution is 5.78. The van der Waals surface area contributed by atoms with Gasteiger partial charge in [0.2, 0.25) is 0 Å². The van der Waals surface area contributed by atoms with E-state index in [0.717, 1.165) is 24.8 Å². The molecule has 0 fully saturated rings. The summed E-state index contributed by atoms with van der Waals surface area (Å²) in [5.74, 6) is 0.692. The minimum atomic E-state index is 0.131. The number of aromatic hydroxyl groups is 1. The van der Waals surface area contributed by atoms with Gasteiger partial charge in [0.1, 0.15) is 11.5 Å². The molecule has 0 radical (unpaired) electrons. The van der Waals surface area contributed by atoms with Crippen LogP contribution in [0.3, 0.4) is 0 Å². The first-order valence-electron chi connectivity index (χ1n) is 7.41. The Morgan fingerprint density at radius 2 is 1.74 bits per heavy atom. The largest absolute Gasteiger partial charge is 0.508 e. The highest BCUT2D eigenvalue weighted by Gasteiger charge is 2.14. The monoisotopic (exact) mass is 262 g/mol. The van der Waals surface area contributed by atoms with Crippen LogP contribution in [0.4, 0.5) is 0 Å². The van der Waals surface area contributed by atoms with Gasteiger partial charge in [-0.25, -0.2) is 0 Å². The number of ketones is 1. The number of hydrogen-bond acceptors (Lipinski definition) is 2. The smallest absolute Gasteiger partial charge is 0.133 e. The highest BCUT2D eigenvalue weighted by atomic mass is 16.3. The zero-order chi connectivity index (χ0) is 14.1. The summed E-state index contributed by atoms with van der Waals surface area (Å²) in [6.07, 6.45) is 7.98. The molecule has 0 aliphatic rings. The molecule has 0 aromatic heterocycles. The summed E-state index contributed by atoms with van der Waals surface area (Å²) < 4.78 is 0. The first-order valence-corrected chi connectivity index (χ1v) is 7.41. The van der Waals surface area contributed by atoms with Crippen molar-refractivity contribution >= 4 is 5.78 Å². The van der Waals surface area contributed by atoms with E-state index in [1.165, 1.54) is 25.7 Å². The van der Waals surface area contributed by atoms with Crippen molar-refractivity contribution in [2.75, 3.05) is 0 Å². The number of benzene rings is 1. The van der Waals surface area contributed by atoms with Crippen molar-refractivity contribution in [2.45, 2.75) is 58.8 Å². The molecular weight excluding hydrogens is 236 g/mol. The molecule has 1 atom stereocenters. The molecule has 0 amide bonds. The average molecular weight is 262 g/mol. The lowest BCUT2D eigenvalue weighted by Crippen LogP contribution is -2.14. The molecule has 1 unspecified atom stereocenters. The molecule has 1 aromatic carbocycles. The van der Waals surface area contributed by atoms with Crippen LogP contribution in [0.1, 0.15) is 57.9 Å². The van der Waals surface area contributed by atoms with E-state index in [9.17, 15) is 9.90 Å². The van der Waals surface area contributed by atoms with Crippen LogP contribution >= 0.6 is 0 Å². The Bertz CT molecular complexity index is 367. The number of unbranched alkanes of at least 4 members (excludes halogenated alkanes) is 4. The van der Waals surface area contributed by atoms with E-state index in [2.05, 4.69) is 6.92 Å². The number of phenols is 1. The Kier molecular flexibility index (Phi) is 7.24. The average Bonchev–Trinajstić information content (AvgIpc) is 2.39. The SMILES string of the molecule is CCCCCCCC(Cc1ccc(O)cc1)C(C)=O. The normalized spacial score (nSPS) is 12.3. The van der Waals surface area contributed by atoms with E-state index >= 15 is 0 Å². The third-order valence-corrected chi connectivity index (χ3v) is 3.65. The summed E-state index contributed by atoms with van der Waals surface area (Å²) in [6.45, 7) is 3.90. The van der Waals surface area contributed by atoms with Crippen LogP contribution in [0.2, 0.25) is 0 Å². The Hall–Kier alpha value is -1.31. The van der Waals surface area contributed by atoms with Crippen molar-refractivity contribution < 1.29 is 9.90 Å². The molecule has 2 nitrogen and oxygen atoms in total. The molecular formula is C17H26O2. The summed E-state index contributed by atoms with van der Waals surface area (Å²) in [5, 5.41) is 9.26. The number of Topliss-reactive ketones (excluding diaryl/α,β-unsaturated/α-hetero) is 1. The Balaban J connectivity index is 2.40. The van der Waals surface area contributed by atoms with Gasteiger partial charge in [-0.15, -0.1) is 0 Å². The van der Waals surface area contributed by atoms with E-state index in [-0.39, 0.29) is 17.5 Å². The van der Waals surface area contributed by atoms with E-state index in [4.69, 9.17) is 0 Å². The number of carbonyl (C=O) groups excluding carboxylic acids is 1. The van der Waals surface area contributed by atoms with Gasteiger partial charge in [0.25, 0.3) is 0 Å². The molecule has 2 heteroatoms. The molecule has 1 N–H and O–H groups in total. The van der Waals surface area contributed by atoms with Gasteiger partial charge in [0.15, 0.2) is 0 Å². The first-order chi connectivity index (χ1) is 9.13. The fourth-order valence-corrected chi connectivity index (χ4v) is 2.36. The predicted octanol–water partition coefficient (Wildman–Crippen LogP) is 4.50. The third-order valence-electron chi connectivity index (χ3n) is 3.65. The Morgan fingerprint density at radius 1 is 1.11 bits per heavy atom. The van der Waals surface area contributed by atoms with Crippen LogP contribution in [-0.4, -0.2) is 10.9 Å². The lowest BCUT2D eigenvalue weighted by Gasteiger charge is -2.13. The van der Waals surface area contributed by atoms with E-state index in [1.807, 2.05) is 12.1 Å². The maximum atomic E-state index is 11.7. The minimum absolute atomic E-state index is 0.131. The molecule has 19 heavy (non-hydrogen) atoms. The predicted molar refractivity (Wildman–Crippen MR) is 79.4 cm³/mol. The zero-order valence-electron chi connectivity index (χ0n) is 12.2. The van der Waals surface area contributed by atoms with Crippen LogP contribution in [0.15, 0.2) is 24.3 Å². The summed E-state index contributed by atoms with van der Waals surface area (Å²) in [7, 11) is 0. The molecule has 106 valence electrons. The molecule has 1 rings (SSSR count). The fourth-order valence-electron chi connectivity index (χ4n) is 2.36.